The first-order chi connectivity index (χ1) is 6.52. The molecule has 0 aromatic heterocycles. The van der Waals surface area contributed by atoms with Gasteiger partial charge in [-0.15, -0.1) is 0 Å². The predicted molar refractivity (Wildman–Crippen MR) is 57.1 cm³/mol. The average Bonchev–Trinajstić information content (AvgIpc) is 2.16. The van der Waals surface area contributed by atoms with Crippen molar-refractivity contribution >= 4 is 5.91 Å². The molecule has 0 radical (unpaired) electrons. The van der Waals surface area contributed by atoms with Crippen molar-refractivity contribution in [2.45, 2.75) is 13.0 Å². The van der Waals surface area contributed by atoms with Crippen molar-refractivity contribution in [3.63, 3.8) is 0 Å². The van der Waals surface area contributed by atoms with E-state index >= 15 is 0 Å². The molecule has 1 aromatic rings. The van der Waals surface area contributed by atoms with Crippen molar-refractivity contribution in [1.82, 2.24) is 4.90 Å². The first-order valence-electron chi connectivity index (χ1n) is 4.59. The average molecular weight is 192 g/mol. The lowest BCUT2D eigenvalue weighted by Crippen LogP contribution is -2.21. The van der Waals surface area contributed by atoms with Crippen LogP contribution in [0.15, 0.2) is 24.3 Å². The van der Waals surface area contributed by atoms with E-state index in [-0.39, 0.29) is 11.9 Å². The van der Waals surface area contributed by atoms with Crippen LogP contribution in [0.2, 0.25) is 0 Å². The maximum absolute atomic E-state index is 11.5. The summed E-state index contributed by atoms with van der Waals surface area (Å²) in [6.07, 6.45) is 0. The van der Waals surface area contributed by atoms with E-state index in [4.69, 9.17) is 5.73 Å². The third-order valence-electron chi connectivity index (χ3n) is 2.09. The van der Waals surface area contributed by atoms with Gasteiger partial charge in [-0.1, -0.05) is 12.1 Å². The SMILES string of the molecule is CC(N)c1ccc(C(=O)N(C)C)cc1. The summed E-state index contributed by atoms with van der Waals surface area (Å²) < 4.78 is 0. The fourth-order valence-electron chi connectivity index (χ4n) is 1.19. The van der Waals surface area contributed by atoms with E-state index < -0.39 is 0 Å². The summed E-state index contributed by atoms with van der Waals surface area (Å²) >= 11 is 0. The maximum Gasteiger partial charge on any atom is 0.253 e. The molecule has 0 fully saturated rings. The minimum absolute atomic E-state index is 0.0125. The number of hydrogen-bond donors (Lipinski definition) is 1. The van der Waals surface area contributed by atoms with Crippen molar-refractivity contribution in [2.75, 3.05) is 14.1 Å². The molecular weight excluding hydrogens is 176 g/mol. The Morgan fingerprint density at radius 2 is 1.79 bits per heavy atom. The Kier molecular flexibility index (Phi) is 3.25. The Balaban J connectivity index is 2.89. The predicted octanol–water partition coefficient (Wildman–Crippen LogP) is 1.41. The second-order valence-corrected chi connectivity index (χ2v) is 3.61. The van der Waals surface area contributed by atoms with E-state index in [1.54, 1.807) is 31.1 Å². The molecule has 1 rings (SSSR count). The number of carbonyl (C=O) groups is 1. The molecule has 76 valence electrons. The monoisotopic (exact) mass is 192 g/mol. The van der Waals surface area contributed by atoms with Crippen LogP contribution in [0.4, 0.5) is 0 Å². The minimum atomic E-state index is 0.0125. The molecular formula is C11H16N2O. The normalized spacial score (nSPS) is 12.3. The maximum atomic E-state index is 11.5. The van der Waals surface area contributed by atoms with E-state index in [0.29, 0.717) is 5.56 Å². The Morgan fingerprint density at radius 1 is 1.29 bits per heavy atom. The molecule has 1 aromatic carbocycles. The highest BCUT2D eigenvalue weighted by atomic mass is 16.2. The molecule has 0 heterocycles. The van der Waals surface area contributed by atoms with Crippen LogP contribution in [-0.2, 0) is 0 Å². The van der Waals surface area contributed by atoms with E-state index in [1.807, 2.05) is 19.1 Å². The van der Waals surface area contributed by atoms with Gasteiger partial charge in [-0.3, -0.25) is 4.79 Å². The van der Waals surface area contributed by atoms with E-state index in [2.05, 4.69) is 0 Å². The molecule has 0 aliphatic heterocycles. The molecule has 14 heavy (non-hydrogen) atoms. The molecule has 1 atom stereocenters. The van der Waals surface area contributed by atoms with Gasteiger partial charge in [-0.05, 0) is 24.6 Å². The molecule has 1 amide bonds. The van der Waals surface area contributed by atoms with Gasteiger partial charge in [0.15, 0.2) is 0 Å². The van der Waals surface area contributed by atoms with Crippen LogP contribution in [0.5, 0.6) is 0 Å². The lowest BCUT2D eigenvalue weighted by Gasteiger charge is -2.11. The molecule has 3 heteroatoms. The highest BCUT2D eigenvalue weighted by Crippen LogP contribution is 2.11. The van der Waals surface area contributed by atoms with E-state index in [0.717, 1.165) is 5.56 Å². The Morgan fingerprint density at radius 3 is 2.14 bits per heavy atom. The number of hydrogen-bond acceptors (Lipinski definition) is 2. The molecule has 2 N–H and O–H groups in total. The molecule has 0 bridgehead atoms. The molecule has 0 aliphatic rings. The smallest absolute Gasteiger partial charge is 0.253 e. The summed E-state index contributed by atoms with van der Waals surface area (Å²) in [5.74, 6) is 0.0150. The van der Waals surface area contributed by atoms with E-state index in [1.165, 1.54) is 0 Å². The Hall–Kier alpha value is -1.35. The van der Waals surface area contributed by atoms with Crippen LogP contribution in [0.3, 0.4) is 0 Å². The molecule has 0 spiro atoms. The van der Waals surface area contributed by atoms with Crippen molar-refractivity contribution in [3.8, 4) is 0 Å². The minimum Gasteiger partial charge on any atom is -0.345 e. The third kappa shape index (κ3) is 2.33. The van der Waals surface area contributed by atoms with Crippen molar-refractivity contribution in [2.24, 2.45) is 5.73 Å². The van der Waals surface area contributed by atoms with Crippen LogP contribution in [0.25, 0.3) is 0 Å². The summed E-state index contributed by atoms with van der Waals surface area (Å²) in [6, 6.07) is 7.41. The zero-order valence-electron chi connectivity index (χ0n) is 8.82. The van der Waals surface area contributed by atoms with Crippen LogP contribution >= 0.6 is 0 Å². The van der Waals surface area contributed by atoms with Crippen LogP contribution in [0.1, 0.15) is 28.9 Å². The second-order valence-electron chi connectivity index (χ2n) is 3.61. The van der Waals surface area contributed by atoms with Crippen molar-refractivity contribution in [1.29, 1.82) is 0 Å². The lowest BCUT2D eigenvalue weighted by molar-refractivity contribution is 0.0827. The fourth-order valence-corrected chi connectivity index (χ4v) is 1.19. The first-order valence-corrected chi connectivity index (χ1v) is 4.59. The molecule has 0 aliphatic carbocycles. The van der Waals surface area contributed by atoms with Gasteiger partial charge in [-0.25, -0.2) is 0 Å². The number of amides is 1. The summed E-state index contributed by atoms with van der Waals surface area (Å²) in [6.45, 7) is 1.92. The quantitative estimate of drug-likeness (QED) is 0.770. The molecule has 3 nitrogen and oxygen atoms in total. The van der Waals surface area contributed by atoms with Crippen LogP contribution in [-0.4, -0.2) is 24.9 Å². The highest BCUT2D eigenvalue weighted by Gasteiger charge is 2.07. The lowest BCUT2D eigenvalue weighted by atomic mass is 10.1. The number of carbonyl (C=O) groups excluding carboxylic acids is 1. The van der Waals surface area contributed by atoms with Gasteiger partial charge < -0.3 is 10.6 Å². The van der Waals surface area contributed by atoms with Crippen molar-refractivity contribution in [3.05, 3.63) is 35.4 Å². The Labute approximate surface area is 84.5 Å². The van der Waals surface area contributed by atoms with Crippen molar-refractivity contribution < 1.29 is 4.79 Å². The highest BCUT2D eigenvalue weighted by molar-refractivity contribution is 5.93. The second kappa shape index (κ2) is 4.24. The van der Waals surface area contributed by atoms with Gasteiger partial charge in [0.25, 0.3) is 5.91 Å². The van der Waals surface area contributed by atoms with E-state index in [9.17, 15) is 4.79 Å². The summed E-state index contributed by atoms with van der Waals surface area (Å²) in [5, 5.41) is 0. The molecule has 1 unspecified atom stereocenters. The third-order valence-corrected chi connectivity index (χ3v) is 2.09. The Bertz CT molecular complexity index is 315. The van der Waals surface area contributed by atoms with Gasteiger partial charge in [0.1, 0.15) is 0 Å². The number of nitrogens with zero attached hydrogens (tertiary/aromatic N) is 1. The standard InChI is InChI=1S/C11H16N2O/c1-8(12)9-4-6-10(7-5-9)11(14)13(2)3/h4-8H,12H2,1-3H3. The summed E-state index contributed by atoms with van der Waals surface area (Å²) in [4.78, 5) is 13.1. The topological polar surface area (TPSA) is 46.3 Å². The summed E-state index contributed by atoms with van der Waals surface area (Å²) in [7, 11) is 3.48. The number of benzene rings is 1. The van der Waals surface area contributed by atoms with Gasteiger partial charge in [0.05, 0.1) is 0 Å². The fraction of sp³-hybridized carbons (Fsp3) is 0.364. The van der Waals surface area contributed by atoms with Gasteiger partial charge in [0.2, 0.25) is 0 Å². The molecule has 0 saturated heterocycles. The zero-order valence-corrected chi connectivity index (χ0v) is 8.82. The van der Waals surface area contributed by atoms with Gasteiger partial charge in [-0.2, -0.15) is 0 Å². The number of nitrogens with two attached hydrogens (primary N) is 1. The first kappa shape index (κ1) is 10.7. The largest absolute Gasteiger partial charge is 0.345 e. The zero-order chi connectivity index (χ0) is 10.7. The van der Waals surface area contributed by atoms with Gasteiger partial charge in [0, 0.05) is 25.7 Å². The van der Waals surface area contributed by atoms with Gasteiger partial charge >= 0.3 is 0 Å². The van der Waals surface area contributed by atoms with Crippen LogP contribution < -0.4 is 5.73 Å². The van der Waals surface area contributed by atoms with Crippen LogP contribution in [0, 0.1) is 0 Å². The number of rotatable bonds is 2. The molecule has 0 saturated carbocycles. The summed E-state index contributed by atoms with van der Waals surface area (Å²) in [5.41, 5.74) is 7.44.